The van der Waals surface area contributed by atoms with Crippen LogP contribution >= 0.6 is 0 Å². The van der Waals surface area contributed by atoms with Gasteiger partial charge in [0.2, 0.25) is 0 Å². The standard InChI is InChI=1S/C13H19NO2/c1-3-16-13(15)12(10-14-2)9-11-7-5-4-6-8-11/h4-8,12,14H,3,9-10H2,1-2H3. The van der Waals surface area contributed by atoms with Crippen LogP contribution in [0.1, 0.15) is 12.5 Å². The molecule has 16 heavy (non-hydrogen) atoms. The number of rotatable bonds is 6. The molecule has 88 valence electrons. The van der Waals surface area contributed by atoms with Crippen LogP contribution in [-0.4, -0.2) is 26.2 Å². The number of hydrogen-bond donors (Lipinski definition) is 1. The van der Waals surface area contributed by atoms with Gasteiger partial charge in [-0.05, 0) is 26.0 Å². The van der Waals surface area contributed by atoms with Gasteiger partial charge in [0.1, 0.15) is 0 Å². The molecule has 0 bridgehead atoms. The van der Waals surface area contributed by atoms with E-state index in [0.29, 0.717) is 13.2 Å². The highest BCUT2D eigenvalue weighted by Gasteiger charge is 2.19. The van der Waals surface area contributed by atoms with Crippen molar-refractivity contribution in [1.82, 2.24) is 5.32 Å². The van der Waals surface area contributed by atoms with Crippen molar-refractivity contribution in [3.63, 3.8) is 0 Å². The topological polar surface area (TPSA) is 38.3 Å². The number of hydrogen-bond acceptors (Lipinski definition) is 3. The SMILES string of the molecule is CCOC(=O)C(CNC)Cc1ccccc1. The molecule has 0 saturated heterocycles. The molecule has 1 atom stereocenters. The Hall–Kier alpha value is -1.35. The number of carbonyl (C=O) groups is 1. The summed E-state index contributed by atoms with van der Waals surface area (Å²) < 4.78 is 5.05. The summed E-state index contributed by atoms with van der Waals surface area (Å²) in [5, 5.41) is 3.03. The van der Waals surface area contributed by atoms with Crippen LogP contribution in [0.3, 0.4) is 0 Å². The smallest absolute Gasteiger partial charge is 0.310 e. The summed E-state index contributed by atoms with van der Waals surface area (Å²) in [6.07, 6.45) is 0.723. The Labute approximate surface area is 96.8 Å². The fraction of sp³-hybridized carbons (Fsp3) is 0.462. The lowest BCUT2D eigenvalue weighted by atomic mass is 9.99. The summed E-state index contributed by atoms with van der Waals surface area (Å²) in [4.78, 5) is 11.7. The predicted molar refractivity (Wildman–Crippen MR) is 64.2 cm³/mol. The third-order valence-electron chi connectivity index (χ3n) is 2.40. The number of nitrogens with one attached hydrogen (secondary N) is 1. The van der Waals surface area contributed by atoms with Crippen molar-refractivity contribution in [2.75, 3.05) is 20.2 Å². The van der Waals surface area contributed by atoms with E-state index in [4.69, 9.17) is 4.74 Å². The van der Waals surface area contributed by atoms with E-state index in [9.17, 15) is 4.79 Å². The van der Waals surface area contributed by atoms with Crippen LogP contribution in [0.25, 0.3) is 0 Å². The molecule has 0 radical (unpaired) electrons. The van der Waals surface area contributed by atoms with Crippen LogP contribution in [0.15, 0.2) is 30.3 Å². The van der Waals surface area contributed by atoms with Crippen LogP contribution in [0, 0.1) is 5.92 Å². The number of esters is 1. The quantitative estimate of drug-likeness (QED) is 0.742. The first-order valence-corrected chi connectivity index (χ1v) is 5.63. The molecule has 1 rings (SSSR count). The van der Waals surface area contributed by atoms with E-state index in [-0.39, 0.29) is 11.9 Å². The van der Waals surface area contributed by atoms with Gasteiger partial charge < -0.3 is 10.1 Å². The summed E-state index contributed by atoms with van der Waals surface area (Å²) in [6.45, 7) is 2.92. The summed E-state index contributed by atoms with van der Waals surface area (Å²) >= 11 is 0. The molecule has 0 saturated carbocycles. The average Bonchev–Trinajstić information content (AvgIpc) is 2.30. The fourth-order valence-electron chi connectivity index (χ4n) is 1.64. The lowest BCUT2D eigenvalue weighted by molar-refractivity contribution is -0.147. The molecule has 1 aromatic carbocycles. The summed E-state index contributed by atoms with van der Waals surface area (Å²) in [5.41, 5.74) is 1.16. The zero-order chi connectivity index (χ0) is 11.8. The van der Waals surface area contributed by atoms with Crippen molar-refractivity contribution in [2.24, 2.45) is 5.92 Å². The van der Waals surface area contributed by atoms with E-state index in [1.807, 2.05) is 44.3 Å². The maximum atomic E-state index is 11.7. The second-order valence-electron chi connectivity index (χ2n) is 3.70. The molecule has 0 amide bonds. The average molecular weight is 221 g/mol. The third-order valence-corrected chi connectivity index (χ3v) is 2.40. The van der Waals surface area contributed by atoms with Crippen LogP contribution in [0.2, 0.25) is 0 Å². The Balaban J connectivity index is 2.60. The molecule has 0 aliphatic rings. The van der Waals surface area contributed by atoms with Gasteiger partial charge >= 0.3 is 5.97 Å². The Kier molecular flexibility index (Phi) is 5.57. The van der Waals surface area contributed by atoms with Gasteiger partial charge in [-0.15, -0.1) is 0 Å². The molecule has 0 aromatic heterocycles. The fourth-order valence-corrected chi connectivity index (χ4v) is 1.64. The Morgan fingerprint density at radius 1 is 1.38 bits per heavy atom. The second-order valence-corrected chi connectivity index (χ2v) is 3.70. The van der Waals surface area contributed by atoms with Crippen LogP contribution in [-0.2, 0) is 16.0 Å². The minimum Gasteiger partial charge on any atom is -0.466 e. The highest BCUT2D eigenvalue weighted by Crippen LogP contribution is 2.09. The number of benzene rings is 1. The molecule has 1 unspecified atom stereocenters. The van der Waals surface area contributed by atoms with Gasteiger partial charge in [0.25, 0.3) is 0 Å². The Morgan fingerprint density at radius 2 is 2.06 bits per heavy atom. The van der Waals surface area contributed by atoms with Gasteiger partial charge in [0.05, 0.1) is 12.5 Å². The largest absolute Gasteiger partial charge is 0.466 e. The molecule has 0 aliphatic carbocycles. The lowest BCUT2D eigenvalue weighted by Gasteiger charge is -2.14. The van der Waals surface area contributed by atoms with Gasteiger partial charge in [-0.25, -0.2) is 0 Å². The highest BCUT2D eigenvalue weighted by molar-refractivity contribution is 5.73. The van der Waals surface area contributed by atoms with E-state index in [1.54, 1.807) is 0 Å². The van der Waals surface area contributed by atoms with Crippen LogP contribution in [0.5, 0.6) is 0 Å². The first kappa shape index (κ1) is 12.7. The molecule has 1 N–H and O–H groups in total. The third kappa shape index (κ3) is 4.03. The highest BCUT2D eigenvalue weighted by atomic mass is 16.5. The monoisotopic (exact) mass is 221 g/mol. The van der Waals surface area contributed by atoms with Gasteiger partial charge in [-0.1, -0.05) is 30.3 Å². The van der Waals surface area contributed by atoms with E-state index in [1.165, 1.54) is 0 Å². The zero-order valence-corrected chi connectivity index (χ0v) is 9.90. The Morgan fingerprint density at radius 3 is 2.62 bits per heavy atom. The minimum atomic E-state index is -0.124. The second kappa shape index (κ2) is 7.01. The van der Waals surface area contributed by atoms with Crippen LogP contribution < -0.4 is 5.32 Å². The molecular weight excluding hydrogens is 202 g/mol. The molecule has 3 heteroatoms. The lowest BCUT2D eigenvalue weighted by Crippen LogP contribution is -2.29. The van der Waals surface area contributed by atoms with Gasteiger partial charge in [0.15, 0.2) is 0 Å². The summed E-state index contributed by atoms with van der Waals surface area (Å²) in [7, 11) is 1.84. The minimum absolute atomic E-state index is 0.104. The van der Waals surface area contributed by atoms with E-state index in [0.717, 1.165) is 12.0 Å². The van der Waals surface area contributed by atoms with E-state index >= 15 is 0 Å². The zero-order valence-electron chi connectivity index (χ0n) is 9.90. The number of carbonyl (C=O) groups excluding carboxylic acids is 1. The van der Waals surface area contributed by atoms with E-state index in [2.05, 4.69) is 5.32 Å². The van der Waals surface area contributed by atoms with Crippen molar-refractivity contribution < 1.29 is 9.53 Å². The predicted octanol–water partition coefficient (Wildman–Crippen LogP) is 1.63. The first-order valence-electron chi connectivity index (χ1n) is 5.63. The molecule has 1 aromatic rings. The van der Waals surface area contributed by atoms with Crippen molar-refractivity contribution in [2.45, 2.75) is 13.3 Å². The van der Waals surface area contributed by atoms with Crippen molar-refractivity contribution in [3.8, 4) is 0 Å². The van der Waals surface area contributed by atoms with Crippen LogP contribution in [0.4, 0.5) is 0 Å². The molecule has 0 aliphatic heterocycles. The van der Waals surface area contributed by atoms with Crippen molar-refractivity contribution >= 4 is 5.97 Å². The molecule has 3 nitrogen and oxygen atoms in total. The molecular formula is C13H19NO2. The van der Waals surface area contributed by atoms with Gasteiger partial charge in [-0.2, -0.15) is 0 Å². The summed E-state index contributed by atoms with van der Waals surface area (Å²) in [5.74, 6) is -0.229. The summed E-state index contributed by atoms with van der Waals surface area (Å²) in [6, 6.07) is 10.00. The molecule has 0 heterocycles. The van der Waals surface area contributed by atoms with Gasteiger partial charge in [0, 0.05) is 6.54 Å². The van der Waals surface area contributed by atoms with Crippen molar-refractivity contribution in [1.29, 1.82) is 0 Å². The molecule has 0 spiro atoms. The maximum Gasteiger partial charge on any atom is 0.310 e. The number of ether oxygens (including phenoxy) is 1. The maximum absolute atomic E-state index is 11.7. The first-order chi connectivity index (χ1) is 7.77. The Bertz CT molecular complexity index is 311. The van der Waals surface area contributed by atoms with Crippen molar-refractivity contribution in [3.05, 3.63) is 35.9 Å². The van der Waals surface area contributed by atoms with E-state index < -0.39 is 0 Å². The van der Waals surface area contributed by atoms with Gasteiger partial charge in [-0.3, -0.25) is 4.79 Å². The normalized spacial score (nSPS) is 12.1. The molecule has 0 fully saturated rings.